The number of rotatable bonds is 10. The molecule has 0 fully saturated rings. The fraction of sp³-hybridized carbons (Fsp3) is 0.273. The molecule has 0 aliphatic carbocycles. The quantitative estimate of drug-likeness (QED) is 0.188. The normalized spacial score (nSPS) is 11.7. The fourth-order valence-electron chi connectivity index (χ4n) is 3.19. The number of hydrogen-bond donors (Lipinski definition) is 3. The molecule has 2 amide bonds. The summed E-state index contributed by atoms with van der Waals surface area (Å²) in [6.45, 7) is -0.805. The number of nitrogens with one attached hydrogen (secondary N) is 2. The monoisotopic (exact) mass is 566 g/mol. The third kappa shape index (κ3) is 9.20. The topological polar surface area (TPSA) is 157 Å². The molecule has 2 aromatic heterocycles. The summed E-state index contributed by atoms with van der Waals surface area (Å²) in [7, 11) is 0. The molecule has 3 aromatic rings. The molecule has 0 bridgehead atoms. The third-order valence-corrected chi connectivity index (χ3v) is 4.97. The Morgan fingerprint density at radius 3 is 2.58 bits per heavy atom. The van der Waals surface area contributed by atoms with Gasteiger partial charge in [0.05, 0.1) is 18.4 Å². The summed E-state index contributed by atoms with van der Waals surface area (Å²) in [5.41, 5.74) is -1.73. The molecular weight excluding hydrogens is 546 g/mol. The first kappa shape index (κ1) is 32.0. The average molecular weight is 566 g/mol. The van der Waals surface area contributed by atoms with Gasteiger partial charge >= 0.3 is 37.1 Å². The number of carboxylic acids is 1. The van der Waals surface area contributed by atoms with E-state index >= 15 is 0 Å². The zero-order valence-corrected chi connectivity index (χ0v) is 19.6. The number of ether oxygens (including phenoxy) is 1. The minimum absolute atomic E-state index is 0. The Hall–Kier alpha value is -4.23. The maximum absolute atomic E-state index is 14.5. The van der Waals surface area contributed by atoms with Gasteiger partial charge in [0.1, 0.15) is 11.9 Å². The molecular formula is C22H20F5LiN6O6. The summed E-state index contributed by atoms with van der Waals surface area (Å²) in [5, 5.41) is 19.9. The SMILES string of the molecule is O=C(O)C(=O)Nc1ccn(CCC(F)Cn2cc(C(=O)NCc3cccc(OC(F)(F)F)c3)nn2)c(=O)c1F.[LiH]. The zero-order valence-electron chi connectivity index (χ0n) is 19.6. The van der Waals surface area contributed by atoms with Crippen molar-refractivity contribution in [2.24, 2.45) is 0 Å². The van der Waals surface area contributed by atoms with E-state index in [9.17, 15) is 41.1 Å². The van der Waals surface area contributed by atoms with Crippen molar-refractivity contribution in [2.75, 3.05) is 5.32 Å². The van der Waals surface area contributed by atoms with E-state index in [4.69, 9.17) is 5.11 Å². The molecule has 0 saturated carbocycles. The van der Waals surface area contributed by atoms with E-state index in [0.29, 0.717) is 5.56 Å². The van der Waals surface area contributed by atoms with Crippen LogP contribution in [0.5, 0.6) is 5.75 Å². The molecule has 0 spiro atoms. The van der Waals surface area contributed by atoms with Gasteiger partial charge in [0, 0.05) is 19.3 Å². The molecule has 0 saturated heterocycles. The Labute approximate surface area is 233 Å². The summed E-state index contributed by atoms with van der Waals surface area (Å²) >= 11 is 0. The molecule has 0 radical (unpaired) electrons. The van der Waals surface area contributed by atoms with Gasteiger partial charge in [0.25, 0.3) is 11.5 Å². The summed E-state index contributed by atoms with van der Waals surface area (Å²) in [5.74, 6) is -6.03. The number of carbonyl (C=O) groups excluding carboxylic acids is 2. The van der Waals surface area contributed by atoms with Crippen LogP contribution in [0.1, 0.15) is 22.5 Å². The number of anilines is 1. The number of aliphatic carboxylic acids is 1. The van der Waals surface area contributed by atoms with E-state index in [1.807, 2.05) is 0 Å². The molecule has 12 nitrogen and oxygen atoms in total. The molecule has 3 rings (SSSR count). The first-order chi connectivity index (χ1) is 18.3. The van der Waals surface area contributed by atoms with Crippen molar-refractivity contribution < 1.29 is 46.2 Å². The Balaban J connectivity index is 0.00000560. The maximum atomic E-state index is 14.5. The molecule has 2 heterocycles. The van der Waals surface area contributed by atoms with E-state index < -0.39 is 53.1 Å². The molecule has 3 N–H and O–H groups in total. The van der Waals surface area contributed by atoms with E-state index in [1.165, 1.54) is 12.1 Å². The predicted molar refractivity (Wildman–Crippen MR) is 128 cm³/mol. The number of benzene rings is 1. The van der Waals surface area contributed by atoms with Crippen LogP contribution in [-0.4, -0.2) is 73.8 Å². The van der Waals surface area contributed by atoms with E-state index in [-0.39, 0.29) is 50.6 Å². The number of alkyl halides is 4. The van der Waals surface area contributed by atoms with Gasteiger partial charge in [-0.3, -0.25) is 14.4 Å². The summed E-state index contributed by atoms with van der Waals surface area (Å²) in [6.07, 6.45) is -4.57. The van der Waals surface area contributed by atoms with Crippen LogP contribution in [0.25, 0.3) is 0 Å². The van der Waals surface area contributed by atoms with Gasteiger partial charge in [-0.05, 0) is 30.2 Å². The molecule has 40 heavy (non-hydrogen) atoms. The number of carboxylic acid groups (broad SMARTS) is 1. The third-order valence-electron chi connectivity index (χ3n) is 4.97. The van der Waals surface area contributed by atoms with Crippen molar-refractivity contribution in [3.63, 3.8) is 0 Å². The number of amides is 2. The summed E-state index contributed by atoms with van der Waals surface area (Å²) in [6, 6.07) is 5.92. The Kier molecular flexibility index (Phi) is 11.0. The van der Waals surface area contributed by atoms with Crippen molar-refractivity contribution in [2.45, 2.75) is 38.6 Å². The number of carbonyl (C=O) groups is 3. The number of halogens is 5. The summed E-state index contributed by atoms with van der Waals surface area (Å²) < 4.78 is 71.3. The Bertz CT molecular complexity index is 1430. The van der Waals surface area contributed by atoms with Crippen molar-refractivity contribution >= 4 is 42.3 Å². The van der Waals surface area contributed by atoms with Crippen LogP contribution in [0, 0.1) is 5.82 Å². The van der Waals surface area contributed by atoms with Gasteiger partial charge in [-0.25, -0.2) is 13.9 Å². The van der Waals surface area contributed by atoms with Gasteiger partial charge < -0.3 is 25.0 Å². The molecule has 18 heteroatoms. The van der Waals surface area contributed by atoms with Gasteiger partial charge in [0.15, 0.2) is 5.69 Å². The molecule has 1 aromatic carbocycles. The second-order valence-corrected chi connectivity index (χ2v) is 7.89. The van der Waals surface area contributed by atoms with Gasteiger partial charge in [-0.1, -0.05) is 17.3 Å². The van der Waals surface area contributed by atoms with Crippen LogP contribution in [0.4, 0.5) is 27.6 Å². The molecule has 1 unspecified atom stereocenters. The van der Waals surface area contributed by atoms with Crippen LogP contribution in [-0.2, 0) is 29.2 Å². The van der Waals surface area contributed by atoms with Crippen molar-refractivity contribution in [3.05, 3.63) is 70.2 Å². The number of hydrogen-bond acceptors (Lipinski definition) is 7. The summed E-state index contributed by atoms with van der Waals surface area (Å²) in [4.78, 5) is 46.0. The first-order valence-electron chi connectivity index (χ1n) is 10.9. The van der Waals surface area contributed by atoms with Crippen LogP contribution < -0.4 is 20.9 Å². The Morgan fingerprint density at radius 1 is 1.18 bits per heavy atom. The number of pyridine rings is 1. The molecule has 0 aliphatic rings. The molecule has 210 valence electrons. The fourth-order valence-corrected chi connectivity index (χ4v) is 3.19. The van der Waals surface area contributed by atoms with Crippen molar-refractivity contribution in [1.82, 2.24) is 24.9 Å². The molecule has 1 atom stereocenters. The second kappa shape index (κ2) is 13.7. The van der Waals surface area contributed by atoms with Crippen molar-refractivity contribution in [1.29, 1.82) is 0 Å². The molecule has 0 aliphatic heterocycles. The van der Waals surface area contributed by atoms with E-state index in [1.54, 1.807) is 5.32 Å². The van der Waals surface area contributed by atoms with Crippen LogP contribution in [0.3, 0.4) is 0 Å². The number of aryl methyl sites for hydroxylation is 1. The predicted octanol–water partition coefficient (Wildman–Crippen LogP) is 1.21. The number of aromatic nitrogens is 4. The Morgan fingerprint density at radius 2 is 1.90 bits per heavy atom. The second-order valence-electron chi connectivity index (χ2n) is 7.89. The van der Waals surface area contributed by atoms with Gasteiger partial charge in [0.2, 0.25) is 5.82 Å². The van der Waals surface area contributed by atoms with Crippen LogP contribution in [0.15, 0.2) is 47.5 Å². The zero-order chi connectivity index (χ0) is 28.7. The first-order valence-corrected chi connectivity index (χ1v) is 10.9. The standard InChI is InChI=1S/C22H19F5N6O6.Li.H/c23-13(4-6-32-7-5-15(17(24)20(32)36)29-19(35)21(37)38)10-33-11-16(30-31-33)18(34)28-9-12-2-1-3-14(8-12)39-22(25,26)27;;/h1-3,5,7-8,11,13H,4,6,9-10H2,(H,28,34)(H,29,35)(H,37,38);;. The average Bonchev–Trinajstić information content (AvgIpc) is 3.32. The van der Waals surface area contributed by atoms with E-state index in [2.05, 4.69) is 20.4 Å². The van der Waals surface area contributed by atoms with E-state index in [0.717, 1.165) is 39.8 Å². The number of nitrogens with zero attached hydrogens (tertiary/aromatic N) is 4. The van der Waals surface area contributed by atoms with Gasteiger partial charge in [-0.15, -0.1) is 18.3 Å². The van der Waals surface area contributed by atoms with Crippen molar-refractivity contribution in [3.8, 4) is 5.75 Å². The van der Waals surface area contributed by atoms with Crippen LogP contribution in [0.2, 0.25) is 0 Å². The van der Waals surface area contributed by atoms with Crippen LogP contribution >= 0.6 is 0 Å². The minimum atomic E-state index is -4.87. The van der Waals surface area contributed by atoms with Gasteiger partial charge in [-0.2, -0.15) is 4.39 Å².